The Kier molecular flexibility index (Phi) is 5.79. The van der Waals surface area contributed by atoms with E-state index in [0.29, 0.717) is 35.4 Å². The lowest BCUT2D eigenvalue weighted by Crippen LogP contribution is -2.31. The monoisotopic (exact) mass is 456 g/mol. The number of rotatable bonds is 3. The fourth-order valence-corrected chi connectivity index (χ4v) is 3.69. The molecule has 2 aromatic rings. The van der Waals surface area contributed by atoms with Crippen LogP contribution in [-0.4, -0.2) is 17.6 Å². The van der Waals surface area contributed by atoms with Gasteiger partial charge < -0.3 is 15.5 Å². The SMILES string of the molecule is Cc1c(C(=O)Nc2cc(C(F)(F)F)ccc2Cl)oc2c1/C(=N\NC(N)=O)CC(C)(C)C2. The average Bonchev–Trinajstić information content (AvgIpc) is 2.95. The molecule has 0 spiro atoms. The van der Waals surface area contributed by atoms with Crippen molar-refractivity contribution in [3.8, 4) is 0 Å². The average molecular weight is 457 g/mol. The Hall–Kier alpha value is -3.01. The van der Waals surface area contributed by atoms with Crippen LogP contribution in [-0.2, 0) is 12.6 Å². The highest BCUT2D eigenvalue weighted by molar-refractivity contribution is 6.34. The summed E-state index contributed by atoms with van der Waals surface area (Å²) in [6, 6.07) is 1.80. The van der Waals surface area contributed by atoms with Gasteiger partial charge in [-0.25, -0.2) is 10.2 Å². The number of hydrogen-bond donors (Lipinski definition) is 3. The number of nitrogens with zero attached hydrogens (tertiary/aromatic N) is 1. The molecular formula is C20H20ClF3N4O3. The van der Waals surface area contributed by atoms with Crippen LogP contribution in [0.15, 0.2) is 27.7 Å². The standard InChI is InChI=1S/C20H20ClF3N4O3/c1-9-15-13(27-28-18(25)30)7-19(2,3)8-14(15)31-16(9)17(29)26-12-6-10(20(22,23)24)4-5-11(12)21/h4-6H,7-8H2,1-3H3,(H,26,29)(H3,25,28,30)/b27-13-. The predicted molar refractivity (Wildman–Crippen MR) is 109 cm³/mol. The number of halogens is 4. The molecule has 1 aliphatic rings. The smallest absolute Gasteiger partial charge is 0.416 e. The van der Waals surface area contributed by atoms with E-state index in [0.717, 1.165) is 18.2 Å². The third-order valence-electron chi connectivity index (χ3n) is 4.84. The van der Waals surface area contributed by atoms with E-state index in [1.807, 2.05) is 13.8 Å². The van der Waals surface area contributed by atoms with E-state index >= 15 is 0 Å². The van der Waals surface area contributed by atoms with Crippen LogP contribution in [0.3, 0.4) is 0 Å². The molecule has 1 aliphatic carbocycles. The summed E-state index contributed by atoms with van der Waals surface area (Å²) in [4.78, 5) is 23.9. The number of nitrogens with two attached hydrogens (primary N) is 1. The number of primary amides is 1. The summed E-state index contributed by atoms with van der Waals surface area (Å²) in [5.41, 5.74) is 7.36. The molecule has 0 bridgehead atoms. The third-order valence-corrected chi connectivity index (χ3v) is 5.17. The Labute approximate surface area is 180 Å². The molecule has 0 fully saturated rings. The number of hydrazone groups is 1. The number of alkyl halides is 3. The number of benzene rings is 1. The van der Waals surface area contributed by atoms with Crippen molar-refractivity contribution in [3.05, 3.63) is 51.4 Å². The lowest BCUT2D eigenvalue weighted by molar-refractivity contribution is -0.137. The van der Waals surface area contributed by atoms with E-state index in [-0.39, 0.29) is 21.9 Å². The molecule has 3 rings (SSSR count). The molecule has 1 aromatic heterocycles. The fourth-order valence-electron chi connectivity index (χ4n) is 3.53. The van der Waals surface area contributed by atoms with Gasteiger partial charge in [-0.3, -0.25) is 4.79 Å². The lowest BCUT2D eigenvalue weighted by Gasteiger charge is -2.29. The third kappa shape index (κ3) is 4.84. The summed E-state index contributed by atoms with van der Waals surface area (Å²) in [7, 11) is 0. The van der Waals surface area contributed by atoms with Crippen LogP contribution < -0.4 is 16.5 Å². The van der Waals surface area contributed by atoms with Gasteiger partial charge in [-0.15, -0.1) is 0 Å². The molecule has 31 heavy (non-hydrogen) atoms. The summed E-state index contributed by atoms with van der Waals surface area (Å²) < 4.78 is 44.8. The van der Waals surface area contributed by atoms with Crippen molar-refractivity contribution in [1.82, 2.24) is 5.43 Å². The van der Waals surface area contributed by atoms with E-state index in [1.165, 1.54) is 0 Å². The maximum atomic E-state index is 13.0. The number of urea groups is 1. The molecule has 0 unspecified atom stereocenters. The molecule has 3 amide bonds. The molecule has 0 atom stereocenters. The van der Waals surface area contributed by atoms with Crippen molar-refractivity contribution in [2.24, 2.45) is 16.3 Å². The summed E-state index contributed by atoms with van der Waals surface area (Å²) in [6.45, 7) is 5.56. The summed E-state index contributed by atoms with van der Waals surface area (Å²) in [5, 5.41) is 6.37. The Morgan fingerprint density at radius 3 is 2.55 bits per heavy atom. The Balaban J connectivity index is 1.98. The van der Waals surface area contributed by atoms with Gasteiger partial charge in [0.05, 0.1) is 22.0 Å². The maximum absolute atomic E-state index is 13.0. The Bertz CT molecular complexity index is 1090. The van der Waals surface area contributed by atoms with Crippen molar-refractivity contribution < 1.29 is 27.2 Å². The first-order valence-electron chi connectivity index (χ1n) is 9.21. The first-order chi connectivity index (χ1) is 14.3. The number of anilines is 1. The van der Waals surface area contributed by atoms with Crippen molar-refractivity contribution in [3.63, 3.8) is 0 Å². The molecule has 11 heteroatoms. The van der Waals surface area contributed by atoms with Crippen molar-refractivity contribution in [2.75, 3.05) is 5.32 Å². The fraction of sp³-hybridized carbons (Fsp3) is 0.350. The quantitative estimate of drug-likeness (QED) is 0.574. The molecule has 0 saturated carbocycles. The van der Waals surface area contributed by atoms with Gasteiger partial charge in [0.25, 0.3) is 5.91 Å². The molecule has 0 saturated heterocycles. The number of fused-ring (bicyclic) bond motifs is 1. The summed E-state index contributed by atoms with van der Waals surface area (Å²) in [5.74, 6) is -0.352. The molecule has 4 N–H and O–H groups in total. The minimum atomic E-state index is -4.59. The van der Waals surface area contributed by atoms with Gasteiger partial charge >= 0.3 is 12.2 Å². The minimum Gasteiger partial charge on any atom is -0.455 e. The number of furan rings is 1. The van der Waals surface area contributed by atoms with Crippen LogP contribution in [0, 0.1) is 12.3 Å². The first-order valence-corrected chi connectivity index (χ1v) is 9.59. The second-order valence-electron chi connectivity index (χ2n) is 8.05. The van der Waals surface area contributed by atoms with Gasteiger partial charge in [-0.1, -0.05) is 25.4 Å². The summed E-state index contributed by atoms with van der Waals surface area (Å²) in [6.07, 6.45) is -3.61. The maximum Gasteiger partial charge on any atom is 0.416 e. The second kappa shape index (κ2) is 7.92. The number of carbonyl (C=O) groups excluding carboxylic acids is 2. The van der Waals surface area contributed by atoms with E-state index in [2.05, 4.69) is 15.8 Å². The number of nitrogens with one attached hydrogen (secondary N) is 2. The number of carbonyl (C=O) groups is 2. The van der Waals surface area contributed by atoms with E-state index in [9.17, 15) is 22.8 Å². The van der Waals surface area contributed by atoms with E-state index in [1.54, 1.807) is 6.92 Å². The lowest BCUT2D eigenvalue weighted by atomic mass is 9.75. The number of hydrogen-bond acceptors (Lipinski definition) is 4. The largest absolute Gasteiger partial charge is 0.455 e. The van der Waals surface area contributed by atoms with Crippen LogP contribution in [0.5, 0.6) is 0 Å². The van der Waals surface area contributed by atoms with E-state index < -0.39 is 23.7 Å². The van der Waals surface area contributed by atoms with Crippen molar-refractivity contribution in [1.29, 1.82) is 0 Å². The van der Waals surface area contributed by atoms with Crippen LogP contribution in [0.2, 0.25) is 5.02 Å². The summed E-state index contributed by atoms with van der Waals surface area (Å²) >= 11 is 5.97. The van der Waals surface area contributed by atoms with Crippen LogP contribution in [0.4, 0.5) is 23.7 Å². The molecule has 1 heterocycles. The van der Waals surface area contributed by atoms with Crippen LogP contribution >= 0.6 is 11.6 Å². The van der Waals surface area contributed by atoms with Gasteiger partial charge in [0.15, 0.2) is 5.76 Å². The molecular weight excluding hydrogens is 437 g/mol. The zero-order chi connectivity index (χ0) is 23.1. The highest BCUT2D eigenvalue weighted by Gasteiger charge is 2.36. The normalized spacial score (nSPS) is 16.7. The molecule has 0 aliphatic heterocycles. The molecule has 166 valence electrons. The zero-order valence-electron chi connectivity index (χ0n) is 16.9. The van der Waals surface area contributed by atoms with Crippen LogP contribution in [0.1, 0.15) is 53.3 Å². The second-order valence-corrected chi connectivity index (χ2v) is 8.46. The highest BCUT2D eigenvalue weighted by atomic mass is 35.5. The van der Waals surface area contributed by atoms with Gasteiger partial charge in [0.2, 0.25) is 0 Å². The van der Waals surface area contributed by atoms with Crippen LogP contribution in [0.25, 0.3) is 0 Å². The topological polar surface area (TPSA) is 110 Å². The predicted octanol–water partition coefficient (Wildman–Crippen LogP) is 4.86. The van der Waals surface area contributed by atoms with Crippen molar-refractivity contribution >= 4 is 34.9 Å². The molecule has 0 radical (unpaired) electrons. The van der Waals surface area contributed by atoms with Gasteiger partial charge in [-0.05, 0) is 37.0 Å². The molecule has 1 aromatic carbocycles. The van der Waals surface area contributed by atoms with Gasteiger partial charge in [0.1, 0.15) is 5.76 Å². The zero-order valence-corrected chi connectivity index (χ0v) is 17.7. The van der Waals surface area contributed by atoms with Crippen molar-refractivity contribution in [2.45, 2.75) is 39.8 Å². The van der Waals surface area contributed by atoms with Gasteiger partial charge in [0, 0.05) is 17.5 Å². The van der Waals surface area contributed by atoms with Gasteiger partial charge in [-0.2, -0.15) is 18.3 Å². The first kappa shape index (κ1) is 22.7. The highest BCUT2D eigenvalue weighted by Crippen LogP contribution is 2.39. The Morgan fingerprint density at radius 2 is 1.94 bits per heavy atom. The minimum absolute atomic E-state index is 0.0515. The van der Waals surface area contributed by atoms with E-state index in [4.69, 9.17) is 21.8 Å². The number of amides is 3. The molecule has 7 nitrogen and oxygen atoms in total. The Morgan fingerprint density at radius 1 is 1.26 bits per heavy atom.